The van der Waals surface area contributed by atoms with Gasteiger partial charge >= 0.3 is 7.12 Å². The Balaban J connectivity index is 0.000000122. The van der Waals surface area contributed by atoms with E-state index in [4.69, 9.17) is 44.7 Å². The lowest BCUT2D eigenvalue weighted by atomic mass is 9.79. The van der Waals surface area contributed by atoms with Crippen molar-refractivity contribution in [1.29, 1.82) is 0 Å². The number of oxazole rings is 2. The Morgan fingerprint density at radius 2 is 0.606 bits per heavy atom. The summed E-state index contributed by atoms with van der Waals surface area (Å²) < 4.78 is 24.1. The molecule has 5 heterocycles. The summed E-state index contributed by atoms with van der Waals surface area (Å²) in [7, 11) is -0.354. The van der Waals surface area contributed by atoms with Crippen LogP contribution in [0.15, 0.2) is 349 Å². The van der Waals surface area contributed by atoms with E-state index in [-0.39, 0.29) is 24.5 Å². The van der Waals surface area contributed by atoms with Crippen molar-refractivity contribution >= 4 is 133 Å². The van der Waals surface area contributed by atoms with Crippen LogP contribution in [0.1, 0.15) is 27.7 Å². The molecule has 1 aliphatic heterocycles. The van der Waals surface area contributed by atoms with Crippen LogP contribution < -0.4 is 11.6 Å². The smallest absolute Gasteiger partial charge is 0.436 e. The maximum Gasteiger partial charge on any atom is 0.494 e. The second-order valence-corrected chi connectivity index (χ2v) is 29.2. The van der Waals surface area contributed by atoms with Crippen LogP contribution in [0, 0.1) is 0 Å². The molecule has 0 aliphatic carbocycles. The summed E-state index contributed by atoms with van der Waals surface area (Å²) in [4.78, 5) is 19.8. The zero-order valence-corrected chi connectivity index (χ0v) is 61.2. The highest BCUT2D eigenvalue weighted by Gasteiger charge is 2.51. The molecular formula is C98H71BClN5O4. The van der Waals surface area contributed by atoms with E-state index < -0.39 is 0 Å². The number of benzene rings is 16. The molecule has 3 N–H and O–H groups in total. The van der Waals surface area contributed by atoms with Crippen LogP contribution >= 0.6 is 11.6 Å². The Morgan fingerprint density at radius 3 is 1.06 bits per heavy atom. The van der Waals surface area contributed by atoms with Gasteiger partial charge in [0.1, 0.15) is 11.0 Å². The van der Waals surface area contributed by atoms with Gasteiger partial charge in [0, 0.05) is 43.8 Å². The highest BCUT2D eigenvalue weighted by Crippen LogP contribution is 2.44. The van der Waals surface area contributed by atoms with Crippen LogP contribution in [0.3, 0.4) is 0 Å². The van der Waals surface area contributed by atoms with Crippen LogP contribution in [0.4, 0.5) is 0 Å². The third-order valence-electron chi connectivity index (χ3n) is 21.5. The van der Waals surface area contributed by atoms with Crippen molar-refractivity contribution in [1.82, 2.24) is 26.1 Å². The molecular weight excluding hydrogens is 1360 g/mol. The van der Waals surface area contributed by atoms with Crippen LogP contribution in [0.2, 0.25) is 5.02 Å². The lowest BCUT2D eigenvalue weighted by Crippen LogP contribution is -2.41. The third kappa shape index (κ3) is 12.8. The van der Waals surface area contributed by atoms with E-state index >= 15 is 0 Å². The first-order valence-corrected chi connectivity index (χ1v) is 36.9. The summed E-state index contributed by atoms with van der Waals surface area (Å²) in [5.41, 5.74) is 18.4. The van der Waals surface area contributed by atoms with E-state index in [9.17, 15) is 0 Å². The standard InChI is InChI=1S/C46H28N2O.C33H20ClN.C19H20BNO3.H3N/c1-3-11-33-25-35(23-17-29(33)9-1)39-27-41-40(31-19-21-32(22-20-31)46-48-42-15-7-8-16-44(42)49-46)28-43(47-45(41)38-14-6-5-13-37(38)39)36-24-18-30-10-2-4-12-34(30)26-36;34-31-20-32(26-16-14-22-8-2-4-10-24(22)18-26)35-33-28-12-6-5-11-27(28)29(19-30(31)33)25-15-13-21-7-1-3-9-23(21)17-25;1-18(2)19(3,4)24-20(23-18)14-11-9-13(10-12-14)17-21-15-7-5-6-8-16(15)22-17;/h1-28H;1-20H;5-12H,1-4H3;1H3. The number of rotatable bonds is 8. The van der Waals surface area contributed by atoms with Gasteiger partial charge in [-0.1, -0.05) is 254 Å². The van der Waals surface area contributed by atoms with Gasteiger partial charge in [-0.05, 0) is 217 Å². The Kier molecular flexibility index (Phi) is 17.3. The van der Waals surface area contributed by atoms with Gasteiger partial charge in [0.05, 0.1) is 38.6 Å². The Labute approximate surface area is 635 Å². The zero-order chi connectivity index (χ0) is 72.6. The highest BCUT2D eigenvalue weighted by atomic mass is 35.5. The molecule has 0 saturated carbocycles. The minimum atomic E-state index is -0.354. The second-order valence-electron chi connectivity index (χ2n) is 28.8. The van der Waals surface area contributed by atoms with Gasteiger partial charge in [-0.2, -0.15) is 0 Å². The number of fused-ring (bicyclic) bond motifs is 12. The van der Waals surface area contributed by atoms with Crippen LogP contribution in [0.5, 0.6) is 0 Å². The molecule has 4 aromatic heterocycles. The fourth-order valence-corrected chi connectivity index (χ4v) is 15.3. The van der Waals surface area contributed by atoms with Crippen molar-refractivity contribution in [3.63, 3.8) is 0 Å². The molecule has 0 unspecified atom stereocenters. The molecule has 109 heavy (non-hydrogen) atoms. The van der Waals surface area contributed by atoms with Gasteiger partial charge in [0.15, 0.2) is 11.2 Å². The number of pyridine rings is 2. The number of para-hydroxylation sites is 4. The zero-order valence-electron chi connectivity index (χ0n) is 60.4. The molecule has 1 aliphatic rings. The quantitative estimate of drug-likeness (QED) is 0.117. The number of nitrogens with zero attached hydrogens (tertiary/aromatic N) is 4. The summed E-state index contributed by atoms with van der Waals surface area (Å²) in [6.45, 7) is 8.22. The molecule has 11 heteroatoms. The first-order valence-electron chi connectivity index (χ1n) is 36.5. The predicted octanol–water partition coefficient (Wildman–Crippen LogP) is 26.1. The topological polar surface area (TPSA) is 131 Å². The first kappa shape index (κ1) is 67.9. The Morgan fingerprint density at radius 1 is 0.275 bits per heavy atom. The molecule has 0 amide bonds. The Bertz CT molecular complexity index is 6850. The molecule has 1 saturated heterocycles. The molecule has 0 bridgehead atoms. The van der Waals surface area contributed by atoms with Gasteiger partial charge in [0.2, 0.25) is 11.8 Å². The normalized spacial score (nSPS) is 13.2. The summed E-state index contributed by atoms with van der Waals surface area (Å²) in [6, 6.07) is 118. The van der Waals surface area contributed by atoms with Crippen LogP contribution in [-0.4, -0.2) is 38.3 Å². The number of aromatic nitrogens is 4. The lowest BCUT2D eigenvalue weighted by molar-refractivity contribution is 0.00578. The van der Waals surface area contributed by atoms with Crippen molar-refractivity contribution < 1.29 is 18.1 Å². The molecule has 20 aromatic rings. The van der Waals surface area contributed by atoms with Crippen molar-refractivity contribution in [2.24, 2.45) is 0 Å². The number of hydrogen-bond acceptors (Lipinski definition) is 9. The van der Waals surface area contributed by atoms with Gasteiger partial charge in [-0.3, -0.25) is 0 Å². The summed E-state index contributed by atoms with van der Waals surface area (Å²) in [5, 5.41) is 17.1. The van der Waals surface area contributed by atoms with E-state index in [0.29, 0.717) is 16.8 Å². The molecule has 16 aromatic carbocycles. The summed E-state index contributed by atoms with van der Waals surface area (Å²) >= 11 is 6.95. The van der Waals surface area contributed by atoms with E-state index in [0.717, 1.165) is 105 Å². The number of hydrogen-bond donors (Lipinski definition) is 1. The Hall–Kier alpha value is -12.9. The average molecular weight is 1430 g/mol. The lowest BCUT2D eigenvalue weighted by Gasteiger charge is -2.32. The SMILES string of the molecule is CC1(C)OB(c2ccc(-c3nc4ccccc4o3)cc2)OC1(C)C.Clc1cc(-c2ccc3ccccc3c2)nc2c1cc(-c1ccc3ccccc3c1)c1ccccc12.N.c1ccc2cc(-c3cc(-c4ccc(-c5nc6ccccc6o5)cc4)c4cc(-c5ccc6ccccc6c5)c5ccccc5c4n3)ccc2c1. The summed E-state index contributed by atoms with van der Waals surface area (Å²) in [5.74, 6) is 1.24. The van der Waals surface area contributed by atoms with Gasteiger partial charge < -0.3 is 24.3 Å². The molecule has 0 radical (unpaired) electrons. The third-order valence-corrected chi connectivity index (χ3v) is 21.8. The fraction of sp³-hybridized carbons (Fsp3) is 0.0612. The predicted molar refractivity (Wildman–Crippen MR) is 454 cm³/mol. The van der Waals surface area contributed by atoms with Crippen LogP contribution in [0.25, 0.3) is 187 Å². The highest BCUT2D eigenvalue weighted by molar-refractivity contribution is 6.62. The van der Waals surface area contributed by atoms with Gasteiger partial charge in [-0.15, -0.1) is 0 Å². The molecule has 0 atom stereocenters. The molecule has 1 fully saturated rings. The van der Waals surface area contributed by atoms with Crippen molar-refractivity contribution in [3.05, 3.63) is 345 Å². The first-order chi connectivity index (χ1) is 52.8. The minimum Gasteiger partial charge on any atom is -0.436 e. The van der Waals surface area contributed by atoms with E-state index in [1.807, 2.05) is 78.9 Å². The van der Waals surface area contributed by atoms with E-state index in [1.54, 1.807) is 0 Å². The van der Waals surface area contributed by atoms with Crippen molar-refractivity contribution in [2.75, 3.05) is 0 Å². The fourth-order valence-electron chi connectivity index (χ4n) is 15.0. The largest absolute Gasteiger partial charge is 0.494 e. The molecule has 0 spiro atoms. The average Bonchev–Trinajstić information content (AvgIpc) is 1.50. The number of halogens is 1. The minimum absolute atomic E-state index is 0. The van der Waals surface area contributed by atoms with E-state index in [1.165, 1.54) is 76.1 Å². The van der Waals surface area contributed by atoms with E-state index in [2.05, 4.69) is 294 Å². The van der Waals surface area contributed by atoms with Crippen molar-refractivity contribution in [2.45, 2.75) is 38.9 Å². The maximum absolute atomic E-state index is 6.95. The monoisotopic (exact) mass is 1430 g/mol. The molecule has 522 valence electrons. The van der Waals surface area contributed by atoms with Crippen molar-refractivity contribution in [3.8, 4) is 78.8 Å². The van der Waals surface area contributed by atoms with Crippen LogP contribution in [-0.2, 0) is 9.31 Å². The second kappa shape index (κ2) is 27.8. The van der Waals surface area contributed by atoms with Gasteiger partial charge in [-0.25, -0.2) is 19.9 Å². The molecule has 21 rings (SSSR count). The summed E-state index contributed by atoms with van der Waals surface area (Å²) in [6.07, 6.45) is 0. The maximum atomic E-state index is 6.95. The molecule has 9 nitrogen and oxygen atoms in total. The van der Waals surface area contributed by atoms with Gasteiger partial charge in [0.25, 0.3) is 0 Å².